The number of carboxylic acids is 1. The van der Waals surface area contributed by atoms with Crippen molar-refractivity contribution in [3.63, 3.8) is 0 Å². The molecule has 0 heterocycles. The highest BCUT2D eigenvalue weighted by molar-refractivity contribution is 5.87. The molecule has 0 bridgehead atoms. The molecule has 0 fully saturated rings. The molecule has 0 aliphatic heterocycles. The summed E-state index contributed by atoms with van der Waals surface area (Å²) >= 11 is 0. The number of carbonyl (C=O) groups is 1. The van der Waals surface area contributed by atoms with E-state index >= 15 is 0 Å². The van der Waals surface area contributed by atoms with Gasteiger partial charge in [0.1, 0.15) is 6.08 Å². The Morgan fingerprint density at radius 2 is 1.54 bits per heavy atom. The van der Waals surface area contributed by atoms with Gasteiger partial charge in [0.15, 0.2) is 0 Å². The summed E-state index contributed by atoms with van der Waals surface area (Å²) in [5.41, 5.74) is 2.11. The summed E-state index contributed by atoms with van der Waals surface area (Å²) < 4.78 is 5.13. The standard InChI is InChI=1S/C21H21NO4/c1-21(2,3)26-20(25)22-14-17-8-6-15(7-9-17)4-5-16-10-12-18(13-11-16)19(23)24/h6-13H,14H2,1-3H3,(H,22,25)(H,23,24)/p-1. The number of ether oxygens (including phenoxy) is 1. The van der Waals surface area contributed by atoms with Crippen molar-refractivity contribution in [1.82, 2.24) is 0 Å². The van der Waals surface area contributed by atoms with Crippen LogP contribution in [0, 0.1) is 11.8 Å². The average Bonchev–Trinajstić information content (AvgIpc) is 2.58. The normalized spacial score (nSPS) is 11.4. The fourth-order valence-corrected chi connectivity index (χ4v) is 1.98. The summed E-state index contributed by atoms with van der Waals surface area (Å²) in [5.74, 6) is 5.03. The van der Waals surface area contributed by atoms with Gasteiger partial charge in [0.2, 0.25) is 0 Å². The lowest BCUT2D eigenvalue weighted by Crippen LogP contribution is -2.31. The third-order valence-corrected chi connectivity index (χ3v) is 3.22. The monoisotopic (exact) mass is 350 g/mol. The summed E-state index contributed by atoms with van der Waals surface area (Å²) in [5, 5.41) is 20.4. The van der Waals surface area contributed by atoms with Crippen LogP contribution in [0.3, 0.4) is 0 Å². The molecule has 2 aromatic rings. The second-order valence-electron chi connectivity index (χ2n) is 6.63. The summed E-state index contributed by atoms with van der Waals surface area (Å²) in [6, 6.07) is 13.8. The number of benzene rings is 2. The van der Waals surface area contributed by atoms with Gasteiger partial charge >= 0.3 is 5.97 Å². The average molecular weight is 350 g/mol. The molecule has 0 spiro atoms. The molecule has 0 atom stereocenters. The smallest absolute Gasteiger partial charge is 0.335 e. The third kappa shape index (κ3) is 6.33. The van der Waals surface area contributed by atoms with Crippen molar-refractivity contribution in [2.75, 3.05) is 0 Å². The second-order valence-corrected chi connectivity index (χ2v) is 6.63. The summed E-state index contributed by atoms with van der Waals surface area (Å²) in [6.07, 6.45) is -0.578. The number of aliphatic imine (C=N–C) groups is 1. The number of aromatic carboxylic acids is 1. The van der Waals surface area contributed by atoms with Gasteiger partial charge in [0, 0.05) is 16.7 Å². The molecule has 0 aliphatic carbocycles. The van der Waals surface area contributed by atoms with Crippen LogP contribution in [0.2, 0.25) is 0 Å². The molecule has 0 aliphatic rings. The van der Waals surface area contributed by atoms with Gasteiger partial charge in [-0.1, -0.05) is 44.7 Å². The predicted octanol–water partition coefficient (Wildman–Crippen LogP) is 2.82. The van der Waals surface area contributed by atoms with Crippen molar-refractivity contribution in [3.05, 3.63) is 70.8 Å². The maximum absolute atomic E-state index is 11.6. The molecule has 134 valence electrons. The molecule has 2 aromatic carbocycles. The topological polar surface area (TPSA) is 82.0 Å². The van der Waals surface area contributed by atoms with E-state index in [0.717, 1.165) is 16.7 Å². The Hall–Kier alpha value is -3.26. The van der Waals surface area contributed by atoms with Crippen LogP contribution >= 0.6 is 0 Å². The minimum Gasteiger partial charge on any atom is -0.595 e. The van der Waals surface area contributed by atoms with Crippen molar-refractivity contribution < 1.29 is 19.7 Å². The minimum atomic E-state index is -0.961. The number of hydrogen-bond acceptors (Lipinski definition) is 4. The van der Waals surface area contributed by atoms with Gasteiger partial charge in [-0.15, -0.1) is 0 Å². The molecule has 1 N–H and O–H groups in total. The van der Waals surface area contributed by atoms with Crippen LogP contribution in [0.5, 0.6) is 0 Å². The first-order chi connectivity index (χ1) is 12.2. The molecule has 0 aromatic heterocycles. The van der Waals surface area contributed by atoms with Crippen LogP contribution in [0.1, 0.15) is 47.8 Å². The molecular weight excluding hydrogens is 330 g/mol. The summed E-state index contributed by atoms with van der Waals surface area (Å²) in [7, 11) is 0. The van der Waals surface area contributed by atoms with E-state index in [4.69, 9.17) is 9.84 Å². The van der Waals surface area contributed by atoms with E-state index in [1.54, 1.807) is 32.9 Å². The Bertz CT molecular complexity index is 848. The van der Waals surface area contributed by atoms with Crippen LogP contribution < -0.4 is 5.11 Å². The Morgan fingerprint density at radius 3 is 2.00 bits per heavy atom. The molecule has 0 saturated carbocycles. The predicted molar refractivity (Wildman–Crippen MR) is 97.8 cm³/mol. The van der Waals surface area contributed by atoms with Gasteiger partial charge in [0.25, 0.3) is 0 Å². The molecule has 0 unspecified atom stereocenters. The molecule has 0 amide bonds. The lowest BCUT2D eigenvalue weighted by Gasteiger charge is -2.29. The van der Waals surface area contributed by atoms with Crippen molar-refractivity contribution in [2.45, 2.75) is 32.9 Å². The summed E-state index contributed by atoms with van der Waals surface area (Å²) in [6.45, 7) is 5.63. The quantitative estimate of drug-likeness (QED) is 0.524. The van der Waals surface area contributed by atoms with Gasteiger partial charge in [-0.2, -0.15) is 0 Å². The zero-order valence-corrected chi connectivity index (χ0v) is 14.9. The molecule has 0 saturated heterocycles. The maximum Gasteiger partial charge on any atom is 0.335 e. The van der Waals surface area contributed by atoms with Gasteiger partial charge in [0.05, 0.1) is 12.1 Å². The number of hydrogen-bond donors (Lipinski definition) is 1. The van der Waals surface area contributed by atoms with Crippen LogP contribution in [0.4, 0.5) is 0 Å². The molecular formula is C21H20NO4-. The lowest BCUT2D eigenvalue weighted by molar-refractivity contribution is -0.260. The van der Waals surface area contributed by atoms with E-state index in [0.29, 0.717) is 0 Å². The van der Waals surface area contributed by atoms with Crippen molar-refractivity contribution in [1.29, 1.82) is 0 Å². The van der Waals surface area contributed by atoms with Gasteiger partial charge in [-0.3, -0.25) is 4.99 Å². The Morgan fingerprint density at radius 1 is 1.04 bits per heavy atom. The first-order valence-corrected chi connectivity index (χ1v) is 8.08. The molecule has 26 heavy (non-hydrogen) atoms. The van der Waals surface area contributed by atoms with Crippen LogP contribution in [-0.2, 0) is 11.3 Å². The van der Waals surface area contributed by atoms with Crippen molar-refractivity contribution in [3.8, 4) is 11.8 Å². The van der Waals surface area contributed by atoms with Crippen molar-refractivity contribution in [2.24, 2.45) is 4.99 Å². The van der Waals surface area contributed by atoms with Gasteiger partial charge in [-0.05, 0) is 42.0 Å². The molecule has 5 nitrogen and oxygen atoms in total. The lowest BCUT2D eigenvalue weighted by atomic mass is 10.1. The summed E-state index contributed by atoms with van der Waals surface area (Å²) in [4.78, 5) is 14.7. The SMILES string of the molecule is CC(C)(C)OC([O-])=NCc1ccc(C#Cc2ccc(C(=O)O)cc2)cc1. The van der Waals surface area contributed by atoms with Gasteiger partial charge < -0.3 is 14.9 Å². The highest BCUT2D eigenvalue weighted by Gasteiger charge is 2.04. The molecule has 5 heteroatoms. The van der Waals surface area contributed by atoms with E-state index in [2.05, 4.69) is 16.8 Å². The second kappa shape index (κ2) is 8.21. The van der Waals surface area contributed by atoms with Crippen molar-refractivity contribution >= 4 is 12.1 Å². The van der Waals surface area contributed by atoms with Crippen LogP contribution in [0.25, 0.3) is 0 Å². The van der Waals surface area contributed by atoms with Crippen LogP contribution in [-0.4, -0.2) is 22.8 Å². The van der Waals surface area contributed by atoms with E-state index in [9.17, 15) is 9.90 Å². The number of rotatable bonds is 3. The Labute approximate surface area is 153 Å². The Balaban J connectivity index is 2.00. The first kappa shape index (κ1) is 19.1. The highest BCUT2D eigenvalue weighted by atomic mass is 16.6. The third-order valence-electron chi connectivity index (χ3n) is 3.22. The minimum absolute atomic E-state index is 0.230. The highest BCUT2D eigenvalue weighted by Crippen LogP contribution is 2.09. The molecule has 2 rings (SSSR count). The molecule has 0 radical (unpaired) electrons. The van der Waals surface area contributed by atoms with E-state index < -0.39 is 17.7 Å². The fourth-order valence-electron chi connectivity index (χ4n) is 1.98. The largest absolute Gasteiger partial charge is 0.595 e. The van der Waals surface area contributed by atoms with Gasteiger partial charge in [-0.25, -0.2) is 4.79 Å². The number of nitrogens with zero attached hydrogens (tertiary/aromatic N) is 1. The first-order valence-electron chi connectivity index (χ1n) is 8.08. The van der Waals surface area contributed by atoms with E-state index in [1.807, 2.05) is 24.3 Å². The van der Waals surface area contributed by atoms with E-state index in [1.165, 1.54) is 12.1 Å². The zero-order chi connectivity index (χ0) is 19.2. The zero-order valence-electron chi connectivity index (χ0n) is 14.9. The van der Waals surface area contributed by atoms with Crippen LogP contribution in [0.15, 0.2) is 53.5 Å². The number of carboxylic acid groups (broad SMARTS) is 1. The fraction of sp³-hybridized carbons (Fsp3) is 0.238. The Kier molecular flexibility index (Phi) is 6.03. The van der Waals surface area contributed by atoms with E-state index in [-0.39, 0.29) is 12.1 Å². The maximum atomic E-state index is 11.6.